The Morgan fingerprint density at radius 3 is 2.43 bits per heavy atom. The molecular formula is C22H20N4O4. The van der Waals surface area contributed by atoms with Crippen LogP contribution in [0.5, 0.6) is 5.75 Å². The third-order valence-corrected chi connectivity index (χ3v) is 4.16. The lowest BCUT2D eigenvalue weighted by atomic mass is 10.2. The van der Waals surface area contributed by atoms with Gasteiger partial charge in [-0.15, -0.1) is 5.11 Å². The van der Waals surface area contributed by atoms with E-state index < -0.39 is 10.8 Å². The summed E-state index contributed by atoms with van der Waals surface area (Å²) in [7, 11) is 0. The minimum Gasteiger partial charge on any atom is -0.477 e. The van der Waals surface area contributed by atoms with Crippen molar-refractivity contribution >= 4 is 28.7 Å². The molecule has 8 nitrogen and oxygen atoms in total. The van der Waals surface area contributed by atoms with E-state index in [0.717, 1.165) is 11.1 Å². The number of aryl methyl sites for hydroxylation is 2. The van der Waals surface area contributed by atoms with E-state index in [2.05, 4.69) is 15.5 Å². The van der Waals surface area contributed by atoms with E-state index in [1.807, 2.05) is 44.2 Å². The lowest BCUT2D eigenvalue weighted by Gasteiger charge is -2.10. The van der Waals surface area contributed by atoms with E-state index in [4.69, 9.17) is 4.74 Å². The molecule has 3 aromatic carbocycles. The average molecular weight is 404 g/mol. The number of hydrogen-bond donors (Lipinski definition) is 1. The standard InChI is InChI=1S/C22H20N4O4/c1-15-7-10-17(11-8-15)24-25-19-13-16(2)9-12-18(19)23-22(27)14-30-21-6-4-3-5-20(21)26(28)29/h3-13H,14H2,1-2H3,(H,23,27). The van der Waals surface area contributed by atoms with Crippen LogP contribution in [0.2, 0.25) is 0 Å². The quantitative estimate of drug-likeness (QED) is 0.312. The zero-order valence-electron chi connectivity index (χ0n) is 16.5. The van der Waals surface area contributed by atoms with Crippen LogP contribution in [0.25, 0.3) is 0 Å². The maximum absolute atomic E-state index is 12.3. The highest BCUT2D eigenvalue weighted by atomic mass is 16.6. The van der Waals surface area contributed by atoms with Crippen molar-refractivity contribution in [2.24, 2.45) is 10.2 Å². The van der Waals surface area contributed by atoms with Gasteiger partial charge in [-0.3, -0.25) is 14.9 Å². The third kappa shape index (κ3) is 5.48. The number of nitrogens with zero attached hydrogens (tertiary/aromatic N) is 3. The maximum Gasteiger partial charge on any atom is 0.310 e. The number of hydrogen-bond acceptors (Lipinski definition) is 6. The first-order valence-electron chi connectivity index (χ1n) is 9.17. The van der Waals surface area contributed by atoms with Gasteiger partial charge in [0.2, 0.25) is 0 Å². The van der Waals surface area contributed by atoms with Gasteiger partial charge in [0, 0.05) is 6.07 Å². The minimum absolute atomic E-state index is 0.0286. The summed E-state index contributed by atoms with van der Waals surface area (Å²) >= 11 is 0. The number of azo groups is 1. The topological polar surface area (TPSA) is 106 Å². The number of ether oxygens (including phenoxy) is 1. The highest BCUT2D eigenvalue weighted by Crippen LogP contribution is 2.29. The number of rotatable bonds is 7. The van der Waals surface area contributed by atoms with Crippen molar-refractivity contribution in [1.29, 1.82) is 0 Å². The Kier molecular flexibility index (Phi) is 6.49. The molecule has 0 radical (unpaired) electrons. The molecule has 0 saturated heterocycles. The van der Waals surface area contributed by atoms with Crippen LogP contribution in [0.3, 0.4) is 0 Å². The van der Waals surface area contributed by atoms with Crippen molar-refractivity contribution in [2.75, 3.05) is 11.9 Å². The van der Waals surface area contributed by atoms with Gasteiger partial charge in [0.05, 0.1) is 16.3 Å². The molecule has 30 heavy (non-hydrogen) atoms. The number of nitro benzene ring substituents is 1. The molecule has 0 aliphatic heterocycles. The predicted molar refractivity (Wildman–Crippen MR) is 114 cm³/mol. The molecule has 1 amide bonds. The summed E-state index contributed by atoms with van der Waals surface area (Å²) in [5.74, 6) is -0.440. The molecule has 0 aromatic heterocycles. The molecule has 0 saturated carbocycles. The van der Waals surface area contributed by atoms with Gasteiger partial charge in [-0.25, -0.2) is 0 Å². The van der Waals surface area contributed by atoms with Gasteiger partial charge in [-0.2, -0.15) is 5.11 Å². The van der Waals surface area contributed by atoms with E-state index in [1.165, 1.54) is 18.2 Å². The Morgan fingerprint density at radius 2 is 1.70 bits per heavy atom. The van der Waals surface area contributed by atoms with Crippen molar-refractivity contribution in [2.45, 2.75) is 13.8 Å². The minimum atomic E-state index is -0.559. The molecule has 8 heteroatoms. The number of nitrogens with one attached hydrogen (secondary N) is 1. The first-order chi connectivity index (χ1) is 14.4. The molecule has 3 aromatic rings. The van der Waals surface area contributed by atoms with Gasteiger partial charge in [0.1, 0.15) is 5.69 Å². The van der Waals surface area contributed by atoms with Gasteiger partial charge in [0.15, 0.2) is 12.4 Å². The maximum atomic E-state index is 12.3. The van der Waals surface area contributed by atoms with Gasteiger partial charge >= 0.3 is 5.69 Å². The summed E-state index contributed by atoms with van der Waals surface area (Å²) in [5, 5.41) is 22.2. The number of carbonyl (C=O) groups is 1. The molecule has 0 aliphatic carbocycles. The smallest absolute Gasteiger partial charge is 0.310 e. The Balaban J connectivity index is 1.71. The number of amides is 1. The predicted octanol–water partition coefficient (Wildman–Crippen LogP) is 5.64. The Bertz CT molecular complexity index is 1090. The lowest BCUT2D eigenvalue weighted by molar-refractivity contribution is -0.385. The molecule has 0 aliphatic rings. The van der Waals surface area contributed by atoms with Gasteiger partial charge in [-0.05, 0) is 49.7 Å². The molecule has 0 unspecified atom stereocenters. The van der Waals surface area contributed by atoms with Gasteiger partial charge in [0.25, 0.3) is 5.91 Å². The van der Waals surface area contributed by atoms with Crippen molar-refractivity contribution in [3.8, 4) is 5.75 Å². The first-order valence-corrected chi connectivity index (χ1v) is 9.17. The highest BCUT2D eigenvalue weighted by Gasteiger charge is 2.15. The fourth-order valence-corrected chi connectivity index (χ4v) is 2.61. The van der Waals surface area contributed by atoms with Crippen LogP contribution in [0, 0.1) is 24.0 Å². The Morgan fingerprint density at radius 1 is 1.00 bits per heavy atom. The second kappa shape index (κ2) is 9.42. The van der Waals surface area contributed by atoms with E-state index in [1.54, 1.807) is 18.2 Å². The van der Waals surface area contributed by atoms with E-state index >= 15 is 0 Å². The monoisotopic (exact) mass is 404 g/mol. The molecule has 152 valence electrons. The van der Waals surface area contributed by atoms with Crippen LogP contribution < -0.4 is 10.1 Å². The summed E-state index contributed by atoms with van der Waals surface area (Å²) < 4.78 is 5.33. The van der Waals surface area contributed by atoms with Crippen LogP contribution in [0.15, 0.2) is 77.0 Å². The van der Waals surface area contributed by atoms with Crippen molar-refractivity contribution in [3.63, 3.8) is 0 Å². The zero-order chi connectivity index (χ0) is 21.5. The van der Waals surface area contributed by atoms with Crippen molar-refractivity contribution in [1.82, 2.24) is 0 Å². The number of nitro groups is 1. The number of para-hydroxylation sites is 2. The number of benzene rings is 3. The molecule has 0 bridgehead atoms. The molecule has 0 spiro atoms. The second-order valence-electron chi connectivity index (χ2n) is 6.62. The SMILES string of the molecule is Cc1ccc(N=Nc2cc(C)ccc2NC(=O)COc2ccccc2[N+](=O)[O-])cc1. The highest BCUT2D eigenvalue weighted by molar-refractivity contribution is 5.94. The molecule has 0 atom stereocenters. The van der Waals surface area contributed by atoms with Gasteiger partial charge in [-0.1, -0.05) is 35.9 Å². The third-order valence-electron chi connectivity index (χ3n) is 4.16. The largest absolute Gasteiger partial charge is 0.477 e. The summed E-state index contributed by atoms with van der Waals surface area (Å²) in [6.45, 7) is 3.52. The van der Waals surface area contributed by atoms with E-state index in [0.29, 0.717) is 17.1 Å². The van der Waals surface area contributed by atoms with E-state index in [-0.39, 0.29) is 18.0 Å². The molecule has 1 N–H and O–H groups in total. The normalized spacial score (nSPS) is 10.7. The Hall–Kier alpha value is -4.07. The fraction of sp³-hybridized carbons (Fsp3) is 0.136. The van der Waals surface area contributed by atoms with Crippen molar-refractivity contribution in [3.05, 3.63) is 88.0 Å². The van der Waals surface area contributed by atoms with Gasteiger partial charge < -0.3 is 10.1 Å². The van der Waals surface area contributed by atoms with Crippen LogP contribution >= 0.6 is 0 Å². The number of carbonyl (C=O) groups excluding carboxylic acids is 1. The summed E-state index contributed by atoms with van der Waals surface area (Å²) in [6, 6.07) is 18.8. The number of anilines is 1. The zero-order valence-corrected chi connectivity index (χ0v) is 16.5. The van der Waals surface area contributed by atoms with Crippen LogP contribution in [-0.2, 0) is 4.79 Å². The lowest BCUT2D eigenvalue weighted by Crippen LogP contribution is -2.20. The van der Waals surface area contributed by atoms with E-state index in [9.17, 15) is 14.9 Å². The summed E-state index contributed by atoms with van der Waals surface area (Å²) in [6.07, 6.45) is 0. The Labute approximate surface area is 173 Å². The first kappa shape index (κ1) is 20.7. The van der Waals surface area contributed by atoms with Crippen molar-refractivity contribution < 1.29 is 14.5 Å². The summed E-state index contributed by atoms with van der Waals surface area (Å²) in [4.78, 5) is 22.8. The molecule has 3 rings (SSSR count). The van der Waals surface area contributed by atoms with Crippen LogP contribution in [0.1, 0.15) is 11.1 Å². The second-order valence-corrected chi connectivity index (χ2v) is 6.62. The molecule has 0 heterocycles. The van der Waals surface area contributed by atoms with Crippen LogP contribution in [-0.4, -0.2) is 17.4 Å². The van der Waals surface area contributed by atoms with Crippen LogP contribution in [0.4, 0.5) is 22.7 Å². The summed E-state index contributed by atoms with van der Waals surface area (Å²) in [5.41, 5.74) is 3.53. The molecular weight excluding hydrogens is 384 g/mol. The fourth-order valence-electron chi connectivity index (χ4n) is 2.61. The molecule has 0 fully saturated rings. The average Bonchev–Trinajstić information content (AvgIpc) is 2.73.